The highest BCUT2D eigenvalue weighted by Crippen LogP contribution is 2.31. The first-order valence-corrected chi connectivity index (χ1v) is 9.23. The highest BCUT2D eigenvalue weighted by molar-refractivity contribution is 5.54. The SMILES string of the molecule is COc1cc(Cc2nc(-c3cnccn3)cc(C(F)(F)F)n2)ccc1-n1cnc(C)c1. The first-order chi connectivity index (χ1) is 14.8. The third kappa shape index (κ3) is 4.52. The monoisotopic (exact) mass is 426 g/mol. The molecule has 0 saturated carbocycles. The van der Waals surface area contributed by atoms with Crippen LogP contribution in [-0.4, -0.2) is 36.6 Å². The summed E-state index contributed by atoms with van der Waals surface area (Å²) in [7, 11) is 1.53. The molecule has 0 aliphatic carbocycles. The number of imidazole rings is 1. The topological polar surface area (TPSA) is 78.6 Å². The van der Waals surface area contributed by atoms with Crippen molar-refractivity contribution in [1.29, 1.82) is 0 Å². The predicted molar refractivity (Wildman–Crippen MR) is 106 cm³/mol. The third-order valence-corrected chi connectivity index (χ3v) is 4.48. The van der Waals surface area contributed by atoms with Crippen LogP contribution in [0.5, 0.6) is 5.75 Å². The molecule has 1 aromatic carbocycles. The summed E-state index contributed by atoms with van der Waals surface area (Å²) in [6.07, 6.45) is 3.16. The van der Waals surface area contributed by atoms with Crippen molar-refractivity contribution >= 4 is 0 Å². The maximum Gasteiger partial charge on any atom is 0.433 e. The summed E-state index contributed by atoms with van der Waals surface area (Å²) in [6.45, 7) is 1.87. The number of methoxy groups -OCH3 is 1. The van der Waals surface area contributed by atoms with Gasteiger partial charge in [-0.05, 0) is 30.7 Å². The summed E-state index contributed by atoms with van der Waals surface area (Å²) in [4.78, 5) is 20.2. The molecular formula is C21H17F3N6O. The van der Waals surface area contributed by atoms with E-state index in [1.54, 1.807) is 18.5 Å². The molecule has 0 bridgehead atoms. The lowest BCUT2D eigenvalue weighted by Gasteiger charge is -2.13. The van der Waals surface area contributed by atoms with Gasteiger partial charge in [0.25, 0.3) is 0 Å². The summed E-state index contributed by atoms with van der Waals surface area (Å²) in [5, 5.41) is 0. The number of rotatable bonds is 5. The van der Waals surface area contributed by atoms with Crippen molar-refractivity contribution in [3.8, 4) is 22.8 Å². The van der Waals surface area contributed by atoms with Crippen LogP contribution in [0.2, 0.25) is 0 Å². The van der Waals surface area contributed by atoms with E-state index in [0.717, 1.165) is 17.4 Å². The summed E-state index contributed by atoms with van der Waals surface area (Å²) < 4.78 is 47.5. The van der Waals surface area contributed by atoms with Crippen molar-refractivity contribution in [2.45, 2.75) is 19.5 Å². The van der Waals surface area contributed by atoms with Crippen LogP contribution in [0.15, 0.2) is 55.4 Å². The van der Waals surface area contributed by atoms with Gasteiger partial charge in [-0.3, -0.25) is 9.97 Å². The fraction of sp³-hybridized carbons (Fsp3) is 0.190. The first kappa shape index (κ1) is 20.5. The molecule has 0 amide bonds. The standard InChI is InChI=1S/C21H17F3N6O/c1-13-11-30(12-27-13)17-4-3-14(7-18(17)31-2)8-20-28-15(16-10-25-5-6-26-16)9-19(29-20)21(22,23)24/h3-7,9-12H,8H2,1-2H3. The van der Waals surface area contributed by atoms with Gasteiger partial charge < -0.3 is 9.30 Å². The largest absolute Gasteiger partial charge is 0.495 e. The van der Waals surface area contributed by atoms with E-state index in [1.165, 1.54) is 25.7 Å². The molecule has 158 valence electrons. The molecule has 0 saturated heterocycles. The number of benzene rings is 1. The van der Waals surface area contributed by atoms with E-state index in [9.17, 15) is 13.2 Å². The Labute approximate surface area is 175 Å². The molecule has 0 aliphatic rings. The zero-order valence-electron chi connectivity index (χ0n) is 16.6. The van der Waals surface area contributed by atoms with Gasteiger partial charge in [0.05, 0.1) is 36.7 Å². The van der Waals surface area contributed by atoms with Crippen molar-refractivity contribution in [3.63, 3.8) is 0 Å². The Morgan fingerprint density at radius 3 is 2.52 bits per heavy atom. The molecule has 3 aromatic heterocycles. The fourth-order valence-corrected chi connectivity index (χ4v) is 3.06. The van der Waals surface area contributed by atoms with Crippen LogP contribution in [0.4, 0.5) is 13.2 Å². The molecular weight excluding hydrogens is 409 g/mol. The highest BCUT2D eigenvalue weighted by Gasteiger charge is 2.34. The van der Waals surface area contributed by atoms with Gasteiger partial charge in [-0.15, -0.1) is 0 Å². The Kier molecular flexibility index (Phi) is 5.37. The van der Waals surface area contributed by atoms with Crippen LogP contribution in [0.25, 0.3) is 17.1 Å². The molecule has 7 nitrogen and oxygen atoms in total. The third-order valence-electron chi connectivity index (χ3n) is 4.48. The molecule has 4 aromatic rings. The van der Waals surface area contributed by atoms with Gasteiger partial charge in [0.15, 0.2) is 0 Å². The normalized spacial score (nSPS) is 11.5. The lowest BCUT2D eigenvalue weighted by Crippen LogP contribution is -2.12. The maximum absolute atomic E-state index is 13.4. The number of hydrogen-bond donors (Lipinski definition) is 0. The molecule has 0 N–H and O–H groups in total. The Balaban J connectivity index is 1.71. The van der Waals surface area contributed by atoms with Crippen molar-refractivity contribution in [1.82, 2.24) is 29.5 Å². The lowest BCUT2D eigenvalue weighted by atomic mass is 10.1. The van der Waals surface area contributed by atoms with Crippen molar-refractivity contribution < 1.29 is 17.9 Å². The molecule has 31 heavy (non-hydrogen) atoms. The average molecular weight is 426 g/mol. The average Bonchev–Trinajstić information content (AvgIpc) is 3.19. The summed E-state index contributed by atoms with van der Waals surface area (Å²) in [5.74, 6) is 0.569. The summed E-state index contributed by atoms with van der Waals surface area (Å²) >= 11 is 0. The van der Waals surface area contributed by atoms with E-state index in [0.29, 0.717) is 11.3 Å². The minimum absolute atomic E-state index is 0.0174. The van der Waals surface area contributed by atoms with E-state index in [1.807, 2.05) is 23.8 Å². The molecule has 0 fully saturated rings. The number of halogens is 3. The van der Waals surface area contributed by atoms with Gasteiger partial charge in [-0.1, -0.05) is 6.07 Å². The molecule has 4 rings (SSSR count). The van der Waals surface area contributed by atoms with Crippen LogP contribution >= 0.6 is 0 Å². The minimum Gasteiger partial charge on any atom is -0.495 e. The number of nitrogens with zero attached hydrogens (tertiary/aromatic N) is 6. The van der Waals surface area contributed by atoms with Gasteiger partial charge >= 0.3 is 6.18 Å². The van der Waals surface area contributed by atoms with Gasteiger partial charge in [0.2, 0.25) is 0 Å². The molecule has 0 unspecified atom stereocenters. The van der Waals surface area contributed by atoms with Crippen molar-refractivity contribution in [2.75, 3.05) is 7.11 Å². The van der Waals surface area contributed by atoms with E-state index >= 15 is 0 Å². The van der Waals surface area contributed by atoms with Crippen LogP contribution < -0.4 is 4.74 Å². The molecule has 10 heteroatoms. The zero-order valence-corrected chi connectivity index (χ0v) is 16.6. The predicted octanol–water partition coefficient (Wildman–Crippen LogP) is 4.05. The van der Waals surface area contributed by atoms with E-state index in [4.69, 9.17) is 4.74 Å². The number of alkyl halides is 3. The van der Waals surface area contributed by atoms with Crippen LogP contribution in [-0.2, 0) is 12.6 Å². The first-order valence-electron chi connectivity index (χ1n) is 9.23. The Morgan fingerprint density at radius 1 is 1.03 bits per heavy atom. The second kappa shape index (κ2) is 8.13. The number of aromatic nitrogens is 6. The smallest absolute Gasteiger partial charge is 0.433 e. The second-order valence-corrected chi connectivity index (χ2v) is 6.75. The quantitative estimate of drug-likeness (QED) is 0.479. The molecule has 0 aliphatic heterocycles. The molecule has 0 atom stereocenters. The Hall–Kier alpha value is -3.82. The highest BCUT2D eigenvalue weighted by atomic mass is 19.4. The van der Waals surface area contributed by atoms with Gasteiger partial charge in [-0.25, -0.2) is 15.0 Å². The summed E-state index contributed by atoms with van der Waals surface area (Å²) in [5.41, 5.74) is 1.57. The van der Waals surface area contributed by atoms with E-state index < -0.39 is 11.9 Å². The van der Waals surface area contributed by atoms with Crippen molar-refractivity contribution in [2.24, 2.45) is 0 Å². The second-order valence-electron chi connectivity index (χ2n) is 6.75. The van der Waals surface area contributed by atoms with E-state index in [-0.39, 0.29) is 23.6 Å². The number of hydrogen-bond acceptors (Lipinski definition) is 6. The number of aryl methyl sites for hydroxylation is 1. The van der Waals surface area contributed by atoms with Gasteiger partial charge in [0, 0.05) is 25.0 Å². The maximum atomic E-state index is 13.4. The van der Waals surface area contributed by atoms with Crippen molar-refractivity contribution in [3.05, 3.63) is 78.2 Å². The fourth-order valence-electron chi connectivity index (χ4n) is 3.06. The zero-order chi connectivity index (χ0) is 22.0. The van der Waals surface area contributed by atoms with Gasteiger partial charge in [0.1, 0.15) is 23.0 Å². The Bertz CT molecular complexity index is 1210. The molecule has 0 spiro atoms. The van der Waals surface area contributed by atoms with Crippen LogP contribution in [0.1, 0.15) is 22.8 Å². The number of ether oxygens (including phenoxy) is 1. The minimum atomic E-state index is -4.62. The van der Waals surface area contributed by atoms with E-state index in [2.05, 4.69) is 24.9 Å². The van der Waals surface area contributed by atoms with Gasteiger partial charge in [-0.2, -0.15) is 13.2 Å². The molecule has 3 heterocycles. The summed E-state index contributed by atoms with van der Waals surface area (Å²) in [6, 6.07) is 6.22. The lowest BCUT2D eigenvalue weighted by molar-refractivity contribution is -0.141. The Morgan fingerprint density at radius 2 is 1.87 bits per heavy atom. The van der Waals surface area contributed by atoms with Crippen LogP contribution in [0, 0.1) is 6.92 Å². The molecule has 0 radical (unpaired) electrons. The van der Waals surface area contributed by atoms with Crippen LogP contribution in [0.3, 0.4) is 0 Å².